The Morgan fingerprint density at radius 1 is 1.08 bits per heavy atom. The summed E-state index contributed by atoms with van der Waals surface area (Å²) in [5.74, 6) is 0.0265. The quantitative estimate of drug-likeness (QED) is 0.0970. The highest BCUT2D eigenvalue weighted by molar-refractivity contribution is 7.99. The van der Waals surface area contributed by atoms with Gasteiger partial charge in [0.2, 0.25) is 5.95 Å². The zero-order valence-electron chi connectivity index (χ0n) is 17.6. The molecule has 2 aromatic rings. The van der Waals surface area contributed by atoms with Crippen molar-refractivity contribution < 1.29 is 61.4 Å². The standard InChI is InChI=1S/C12H21N6O14P3S/c13-1-2-36-12-15-5-8(16-11(14)17-9(5)21)18(12)10-7(20)6(19)4(30-10)3-29-34(25,26)32-35(27,28)31-33(22,23)24/h4,6-7,10,19-20H,1-3,13H2,(H,25,26)(H,27,28)(H2,22,23,24)(H3,14,16,17,21)/t4-,6-,7-,10-/m1/s1. The van der Waals surface area contributed by atoms with Crippen molar-refractivity contribution in [2.45, 2.75) is 29.7 Å². The molecule has 24 heteroatoms. The zero-order chi connectivity index (χ0) is 27.1. The Labute approximate surface area is 204 Å². The molecule has 6 atom stereocenters. The predicted molar refractivity (Wildman–Crippen MR) is 118 cm³/mol. The number of rotatable bonds is 11. The number of aliphatic hydroxyl groups excluding tert-OH is 2. The van der Waals surface area contributed by atoms with Crippen molar-refractivity contribution in [3.63, 3.8) is 0 Å². The lowest BCUT2D eigenvalue weighted by molar-refractivity contribution is -0.0540. The summed E-state index contributed by atoms with van der Waals surface area (Å²) in [5.41, 5.74) is 10.1. The number of phosphoric ester groups is 1. The smallest absolute Gasteiger partial charge is 0.387 e. The molecule has 0 spiro atoms. The number of nitrogens with one attached hydrogen (secondary N) is 1. The fourth-order valence-corrected chi connectivity index (χ4v) is 6.83. The first-order valence-corrected chi connectivity index (χ1v) is 14.9. The number of H-pyrrole nitrogens is 1. The largest absolute Gasteiger partial charge is 0.490 e. The third-order valence-electron chi connectivity index (χ3n) is 4.30. The number of thioether (sulfide) groups is 1. The van der Waals surface area contributed by atoms with Crippen LogP contribution in [0, 0.1) is 0 Å². The molecule has 1 saturated heterocycles. The first-order valence-electron chi connectivity index (χ1n) is 9.44. The lowest BCUT2D eigenvalue weighted by Gasteiger charge is -2.19. The van der Waals surface area contributed by atoms with E-state index in [4.69, 9.17) is 26.0 Å². The molecule has 0 radical (unpaired) electrons. The van der Waals surface area contributed by atoms with Crippen LogP contribution in [0.2, 0.25) is 0 Å². The Bertz CT molecular complexity index is 1310. The topological polar surface area (TPSA) is 325 Å². The van der Waals surface area contributed by atoms with Crippen LogP contribution in [-0.4, -0.2) is 86.5 Å². The first-order chi connectivity index (χ1) is 16.5. The molecule has 0 aromatic carbocycles. The van der Waals surface area contributed by atoms with E-state index in [9.17, 15) is 38.5 Å². The molecule has 11 N–H and O–H groups in total. The van der Waals surface area contributed by atoms with E-state index >= 15 is 0 Å². The number of aliphatic hydroxyl groups is 2. The van der Waals surface area contributed by atoms with Crippen molar-refractivity contribution in [3.8, 4) is 0 Å². The number of phosphoric acid groups is 3. The number of nitrogen functional groups attached to an aromatic ring is 1. The Hall–Kier alpha value is -1.25. The van der Waals surface area contributed by atoms with Crippen LogP contribution in [-0.2, 0) is 31.6 Å². The molecule has 0 aliphatic carbocycles. The molecule has 0 bridgehead atoms. The van der Waals surface area contributed by atoms with Crippen molar-refractivity contribution in [1.29, 1.82) is 0 Å². The van der Waals surface area contributed by atoms with Crippen LogP contribution in [0.3, 0.4) is 0 Å². The van der Waals surface area contributed by atoms with E-state index in [2.05, 4.69) is 28.1 Å². The van der Waals surface area contributed by atoms with Gasteiger partial charge >= 0.3 is 23.5 Å². The fourth-order valence-electron chi connectivity index (χ4n) is 3.01. The van der Waals surface area contributed by atoms with Crippen molar-refractivity contribution in [2.75, 3.05) is 24.6 Å². The van der Waals surface area contributed by atoms with Crippen LogP contribution < -0.4 is 17.0 Å². The fraction of sp³-hybridized carbons (Fsp3) is 0.583. The maximum Gasteiger partial charge on any atom is 0.490 e. The van der Waals surface area contributed by atoms with Crippen LogP contribution >= 0.6 is 35.2 Å². The minimum Gasteiger partial charge on any atom is -0.387 e. The molecule has 20 nitrogen and oxygen atoms in total. The van der Waals surface area contributed by atoms with E-state index < -0.39 is 60.2 Å². The van der Waals surface area contributed by atoms with Gasteiger partial charge in [-0.25, -0.2) is 18.7 Å². The number of aromatic amines is 1. The molecule has 3 rings (SSSR count). The second kappa shape index (κ2) is 10.9. The van der Waals surface area contributed by atoms with Crippen LogP contribution in [0.4, 0.5) is 5.95 Å². The van der Waals surface area contributed by atoms with Gasteiger partial charge in [-0.15, -0.1) is 0 Å². The minimum atomic E-state index is -5.76. The number of ether oxygens (including phenoxy) is 1. The van der Waals surface area contributed by atoms with Crippen molar-refractivity contribution >= 4 is 52.3 Å². The maximum atomic E-state index is 12.2. The number of hydrogen-bond acceptors (Lipinski definition) is 15. The first kappa shape index (κ1) is 29.3. The van der Waals surface area contributed by atoms with E-state index in [0.717, 1.165) is 16.3 Å². The van der Waals surface area contributed by atoms with Gasteiger partial charge in [0.1, 0.15) is 18.3 Å². The molecule has 36 heavy (non-hydrogen) atoms. The molecule has 204 valence electrons. The van der Waals surface area contributed by atoms with E-state index in [0.29, 0.717) is 5.75 Å². The summed E-state index contributed by atoms with van der Waals surface area (Å²) in [6.07, 6.45) is -6.57. The number of aromatic nitrogens is 4. The Morgan fingerprint density at radius 2 is 1.75 bits per heavy atom. The Balaban J connectivity index is 1.83. The number of fused-ring (bicyclic) bond motifs is 1. The average molecular weight is 598 g/mol. The Morgan fingerprint density at radius 3 is 2.36 bits per heavy atom. The number of nitrogens with two attached hydrogens (primary N) is 2. The number of nitrogens with zero attached hydrogens (tertiary/aromatic N) is 3. The molecule has 1 fully saturated rings. The van der Waals surface area contributed by atoms with Crippen molar-refractivity contribution in [1.82, 2.24) is 19.5 Å². The average Bonchev–Trinajstić information content (AvgIpc) is 3.19. The lowest BCUT2D eigenvalue weighted by atomic mass is 10.1. The van der Waals surface area contributed by atoms with Crippen LogP contribution in [0.25, 0.3) is 11.2 Å². The summed E-state index contributed by atoms with van der Waals surface area (Å²) in [7, 11) is -16.9. The number of anilines is 1. The second-order valence-corrected chi connectivity index (χ2v) is 12.4. The minimum absolute atomic E-state index is 0.101. The van der Waals surface area contributed by atoms with Crippen molar-refractivity contribution in [3.05, 3.63) is 10.4 Å². The molecular formula is C12H21N6O14P3S. The molecule has 2 unspecified atom stereocenters. The van der Waals surface area contributed by atoms with Crippen LogP contribution in [0.5, 0.6) is 0 Å². The summed E-state index contributed by atoms with van der Waals surface area (Å²) in [5, 5.41) is 21.1. The summed E-state index contributed by atoms with van der Waals surface area (Å²) < 4.78 is 52.4. The SMILES string of the molecule is NCCSc1nc2c(=O)[nH]c(N)nc2n1[C@@H]1O[C@H](COP(=O)(O)OP(=O)(O)OP(=O)(O)O)[C@@H](O)[C@H]1O. The molecule has 0 saturated carbocycles. The van der Waals surface area contributed by atoms with E-state index in [1.54, 1.807) is 0 Å². The molecule has 1 aliphatic heterocycles. The summed E-state index contributed by atoms with van der Waals surface area (Å²) in [6.45, 7) is -0.828. The van der Waals surface area contributed by atoms with Crippen molar-refractivity contribution in [2.24, 2.45) is 5.73 Å². The summed E-state index contributed by atoms with van der Waals surface area (Å²) in [6, 6.07) is 0. The van der Waals surface area contributed by atoms with Gasteiger partial charge in [0, 0.05) is 12.3 Å². The highest BCUT2D eigenvalue weighted by Crippen LogP contribution is 2.66. The summed E-state index contributed by atoms with van der Waals surface area (Å²) >= 11 is 1.06. The highest BCUT2D eigenvalue weighted by atomic mass is 32.2. The highest BCUT2D eigenvalue weighted by Gasteiger charge is 2.47. The number of hydrogen-bond donors (Lipinski definition) is 9. The third kappa shape index (κ3) is 6.98. The van der Waals surface area contributed by atoms with Gasteiger partial charge in [0.25, 0.3) is 5.56 Å². The van der Waals surface area contributed by atoms with Gasteiger partial charge in [-0.05, 0) is 0 Å². The lowest BCUT2D eigenvalue weighted by Crippen LogP contribution is -2.33. The third-order valence-corrected chi connectivity index (χ3v) is 9.08. The monoisotopic (exact) mass is 598 g/mol. The molecule has 1 aliphatic rings. The molecular weight excluding hydrogens is 577 g/mol. The van der Waals surface area contributed by atoms with Gasteiger partial charge in [-0.2, -0.15) is 13.6 Å². The van der Waals surface area contributed by atoms with Crippen LogP contribution in [0.15, 0.2) is 9.95 Å². The van der Waals surface area contributed by atoms with Gasteiger partial charge in [0.15, 0.2) is 22.5 Å². The van der Waals surface area contributed by atoms with Gasteiger partial charge in [-0.1, -0.05) is 11.8 Å². The molecule has 2 aromatic heterocycles. The van der Waals surface area contributed by atoms with Crippen LogP contribution in [0.1, 0.15) is 6.23 Å². The van der Waals surface area contributed by atoms with Gasteiger partial charge in [-0.3, -0.25) is 18.9 Å². The predicted octanol–water partition coefficient (Wildman–Crippen LogP) is -2.28. The maximum absolute atomic E-state index is 12.2. The second-order valence-electron chi connectivity index (χ2n) is 6.96. The van der Waals surface area contributed by atoms with Gasteiger partial charge in [0.05, 0.1) is 6.61 Å². The van der Waals surface area contributed by atoms with E-state index in [1.807, 2.05) is 0 Å². The normalized spacial score (nSPS) is 26.2. The molecule has 3 heterocycles. The van der Waals surface area contributed by atoms with Gasteiger partial charge < -0.3 is 46.0 Å². The zero-order valence-corrected chi connectivity index (χ0v) is 21.1. The summed E-state index contributed by atoms with van der Waals surface area (Å²) in [4.78, 5) is 58.5. The van der Waals surface area contributed by atoms with E-state index in [1.165, 1.54) is 0 Å². The Kier molecular flexibility index (Phi) is 8.84. The van der Waals surface area contributed by atoms with E-state index in [-0.39, 0.29) is 28.8 Å². The number of imidazole rings is 1. The molecule has 0 amide bonds.